The monoisotopic (exact) mass is 357 g/mol. The molecule has 86 valence electrons. The maximum Gasteiger partial charge on any atom is 0.214 e. The summed E-state index contributed by atoms with van der Waals surface area (Å²) in [7, 11) is 0. The van der Waals surface area contributed by atoms with Gasteiger partial charge in [-0.2, -0.15) is 0 Å². The van der Waals surface area contributed by atoms with Crippen LogP contribution < -0.4 is 0 Å². The molecular weight excluding hydrogens is 353 g/mol. The van der Waals surface area contributed by atoms with Crippen LogP contribution in [0.2, 0.25) is 0 Å². The summed E-state index contributed by atoms with van der Waals surface area (Å²) >= 11 is 6.26. The lowest BCUT2D eigenvalue weighted by atomic mass is 10.1. The quantitative estimate of drug-likeness (QED) is 0.760. The Balaban J connectivity index is 2.44. The fraction of sp³-hybridized carbons (Fsp3) is 0. The molecule has 0 radical (unpaired) electrons. The van der Waals surface area contributed by atoms with E-state index in [-0.39, 0.29) is 15.7 Å². The molecule has 2 rings (SSSR count). The lowest BCUT2D eigenvalue weighted by Gasteiger charge is -2.03. The molecule has 0 fully saturated rings. The van der Waals surface area contributed by atoms with E-state index in [1.165, 1.54) is 12.3 Å². The van der Waals surface area contributed by atoms with Gasteiger partial charge in [-0.25, -0.2) is 4.39 Å². The first kappa shape index (κ1) is 12.4. The van der Waals surface area contributed by atoms with Gasteiger partial charge in [0.1, 0.15) is 11.5 Å². The van der Waals surface area contributed by atoms with Crippen molar-refractivity contribution < 1.29 is 9.18 Å². The molecule has 0 unspecified atom stereocenters. The number of aromatic nitrogens is 1. The maximum absolute atomic E-state index is 13.7. The molecule has 0 aliphatic rings. The summed E-state index contributed by atoms with van der Waals surface area (Å²) < 4.78 is 14.7. The highest BCUT2D eigenvalue weighted by Crippen LogP contribution is 2.21. The Morgan fingerprint density at radius 2 is 1.94 bits per heavy atom. The minimum absolute atomic E-state index is 0.00852. The van der Waals surface area contributed by atoms with Gasteiger partial charge in [0.25, 0.3) is 0 Å². The molecule has 0 saturated carbocycles. The minimum Gasteiger partial charge on any atom is -0.287 e. The lowest BCUT2D eigenvalue weighted by molar-refractivity contribution is 0.103. The normalized spacial score (nSPS) is 10.3. The van der Waals surface area contributed by atoms with Gasteiger partial charge in [0.15, 0.2) is 0 Å². The van der Waals surface area contributed by atoms with E-state index in [9.17, 15) is 9.18 Å². The summed E-state index contributed by atoms with van der Waals surface area (Å²) in [5.74, 6) is -1.00. The van der Waals surface area contributed by atoms with Crippen molar-refractivity contribution in [1.29, 1.82) is 0 Å². The number of carbonyl (C=O) groups is 1. The van der Waals surface area contributed by atoms with Crippen LogP contribution in [0.5, 0.6) is 0 Å². The van der Waals surface area contributed by atoms with Crippen LogP contribution in [-0.2, 0) is 0 Å². The zero-order valence-electron chi connectivity index (χ0n) is 8.45. The average molecular weight is 359 g/mol. The molecule has 2 aromatic rings. The summed E-state index contributed by atoms with van der Waals surface area (Å²) in [6.07, 6.45) is 1.50. The molecule has 0 aliphatic carbocycles. The molecule has 0 bridgehead atoms. The number of ketones is 1. The number of benzene rings is 1. The summed E-state index contributed by atoms with van der Waals surface area (Å²) in [4.78, 5) is 15.9. The van der Waals surface area contributed by atoms with Gasteiger partial charge in [0.05, 0.1) is 10.0 Å². The number of hydrogen-bond acceptors (Lipinski definition) is 2. The van der Waals surface area contributed by atoms with Crippen LogP contribution in [0.3, 0.4) is 0 Å². The van der Waals surface area contributed by atoms with Crippen LogP contribution >= 0.6 is 31.9 Å². The van der Waals surface area contributed by atoms with Crippen molar-refractivity contribution >= 4 is 37.6 Å². The molecule has 1 aromatic heterocycles. The second-order valence-electron chi connectivity index (χ2n) is 3.29. The number of halogens is 3. The Hall–Kier alpha value is -1.07. The number of hydrogen-bond donors (Lipinski definition) is 0. The van der Waals surface area contributed by atoms with Crippen LogP contribution in [0.1, 0.15) is 16.1 Å². The van der Waals surface area contributed by atoms with Crippen LogP contribution in [0.25, 0.3) is 0 Å². The fourth-order valence-corrected chi connectivity index (χ4v) is 1.93. The molecule has 0 saturated heterocycles. The molecule has 5 heteroatoms. The van der Waals surface area contributed by atoms with E-state index in [2.05, 4.69) is 36.8 Å². The third-order valence-corrected chi connectivity index (χ3v) is 3.24. The van der Waals surface area contributed by atoms with E-state index in [0.29, 0.717) is 0 Å². The van der Waals surface area contributed by atoms with Crippen molar-refractivity contribution in [3.05, 3.63) is 62.5 Å². The van der Waals surface area contributed by atoms with Gasteiger partial charge in [-0.1, -0.05) is 6.07 Å². The Morgan fingerprint density at radius 1 is 1.18 bits per heavy atom. The summed E-state index contributed by atoms with van der Waals surface area (Å²) in [6, 6.07) is 7.83. The highest BCUT2D eigenvalue weighted by molar-refractivity contribution is 9.10. The SMILES string of the molecule is O=C(c1ccc(Br)cn1)c1cccc(Br)c1F. The van der Waals surface area contributed by atoms with Crippen molar-refractivity contribution in [1.82, 2.24) is 4.98 Å². The number of pyridine rings is 1. The highest BCUT2D eigenvalue weighted by Gasteiger charge is 2.16. The smallest absolute Gasteiger partial charge is 0.214 e. The van der Waals surface area contributed by atoms with Crippen molar-refractivity contribution in [2.75, 3.05) is 0 Å². The van der Waals surface area contributed by atoms with Crippen LogP contribution in [0, 0.1) is 5.82 Å². The van der Waals surface area contributed by atoms with Gasteiger partial charge in [-0.3, -0.25) is 9.78 Å². The van der Waals surface area contributed by atoms with E-state index >= 15 is 0 Å². The first-order chi connectivity index (χ1) is 8.09. The molecule has 0 N–H and O–H groups in total. The predicted octanol–water partition coefficient (Wildman–Crippen LogP) is 3.98. The first-order valence-corrected chi connectivity index (χ1v) is 6.28. The van der Waals surface area contributed by atoms with Crippen LogP contribution in [0.4, 0.5) is 4.39 Å². The largest absolute Gasteiger partial charge is 0.287 e. The van der Waals surface area contributed by atoms with E-state index in [1.54, 1.807) is 24.3 Å². The molecular formula is C12H6Br2FNO. The van der Waals surface area contributed by atoms with Gasteiger partial charge in [-0.05, 0) is 56.1 Å². The number of nitrogens with zero attached hydrogens (tertiary/aromatic N) is 1. The molecule has 1 aromatic carbocycles. The van der Waals surface area contributed by atoms with Gasteiger partial charge in [0.2, 0.25) is 5.78 Å². The van der Waals surface area contributed by atoms with Gasteiger partial charge in [0, 0.05) is 10.7 Å². The average Bonchev–Trinajstić information content (AvgIpc) is 2.33. The van der Waals surface area contributed by atoms with E-state index in [1.807, 2.05) is 0 Å². The first-order valence-electron chi connectivity index (χ1n) is 4.70. The highest BCUT2D eigenvalue weighted by atomic mass is 79.9. The Morgan fingerprint density at radius 3 is 2.59 bits per heavy atom. The summed E-state index contributed by atoms with van der Waals surface area (Å²) in [5.41, 5.74) is 0.222. The van der Waals surface area contributed by atoms with Crippen molar-refractivity contribution in [2.24, 2.45) is 0 Å². The summed E-state index contributed by atoms with van der Waals surface area (Å²) in [5, 5.41) is 0. The fourth-order valence-electron chi connectivity index (χ4n) is 1.33. The third-order valence-electron chi connectivity index (χ3n) is 2.16. The van der Waals surface area contributed by atoms with Crippen molar-refractivity contribution in [2.45, 2.75) is 0 Å². The second-order valence-corrected chi connectivity index (χ2v) is 5.06. The lowest BCUT2D eigenvalue weighted by Crippen LogP contribution is -2.06. The molecule has 17 heavy (non-hydrogen) atoms. The minimum atomic E-state index is -0.567. The van der Waals surface area contributed by atoms with Crippen LogP contribution in [0.15, 0.2) is 45.5 Å². The Labute approximate surface area is 114 Å². The number of carbonyl (C=O) groups excluding carboxylic acids is 1. The Kier molecular flexibility index (Phi) is 3.69. The van der Waals surface area contributed by atoms with Crippen LogP contribution in [-0.4, -0.2) is 10.8 Å². The van der Waals surface area contributed by atoms with Crippen molar-refractivity contribution in [3.8, 4) is 0 Å². The molecule has 0 amide bonds. The zero-order chi connectivity index (χ0) is 12.4. The molecule has 2 nitrogen and oxygen atoms in total. The summed E-state index contributed by atoms with van der Waals surface area (Å²) in [6.45, 7) is 0. The second kappa shape index (κ2) is 5.06. The number of rotatable bonds is 2. The topological polar surface area (TPSA) is 30.0 Å². The molecule has 0 aliphatic heterocycles. The molecule has 0 spiro atoms. The molecule has 0 atom stereocenters. The van der Waals surface area contributed by atoms with E-state index in [0.717, 1.165) is 4.47 Å². The van der Waals surface area contributed by atoms with Crippen molar-refractivity contribution in [3.63, 3.8) is 0 Å². The van der Waals surface area contributed by atoms with Gasteiger partial charge >= 0.3 is 0 Å². The predicted molar refractivity (Wildman–Crippen MR) is 69.5 cm³/mol. The maximum atomic E-state index is 13.7. The van der Waals surface area contributed by atoms with Gasteiger partial charge < -0.3 is 0 Å². The van der Waals surface area contributed by atoms with E-state index in [4.69, 9.17) is 0 Å². The standard InChI is InChI=1S/C12H6Br2FNO/c13-7-4-5-10(16-6-7)12(17)8-2-1-3-9(14)11(8)15/h1-6H. The third kappa shape index (κ3) is 2.61. The zero-order valence-corrected chi connectivity index (χ0v) is 11.6. The van der Waals surface area contributed by atoms with Gasteiger partial charge in [-0.15, -0.1) is 0 Å². The van der Waals surface area contributed by atoms with E-state index < -0.39 is 11.6 Å². The Bertz CT molecular complexity index is 569. The molecule has 1 heterocycles.